The van der Waals surface area contributed by atoms with Crippen LogP contribution in [0, 0.1) is 0 Å². The minimum Gasteiger partial charge on any atom is -0.497 e. The average Bonchev–Trinajstić information content (AvgIpc) is 2.65. The maximum atomic E-state index is 12.3. The quantitative estimate of drug-likeness (QED) is 0.670. The Balaban J connectivity index is 1.97. The Kier molecular flexibility index (Phi) is 7.78. The van der Waals surface area contributed by atoms with Crippen LogP contribution < -0.4 is 20.1 Å². The Labute approximate surface area is 170 Å². The first-order valence-corrected chi connectivity index (χ1v) is 9.31. The molecule has 27 heavy (non-hydrogen) atoms. The molecule has 0 spiro atoms. The van der Waals surface area contributed by atoms with Crippen molar-refractivity contribution >= 4 is 29.1 Å². The molecular weight excluding hydrogens is 387 g/mol. The first kappa shape index (κ1) is 21.4. The Hall–Kier alpha value is -1.95. The molecule has 2 aromatic carbocycles. The molecule has 7 heteroatoms. The number of hydrogen-bond donors (Lipinski definition) is 2. The molecule has 0 radical (unpaired) electrons. The van der Waals surface area contributed by atoms with E-state index in [1.54, 1.807) is 26.4 Å². The van der Waals surface area contributed by atoms with E-state index in [4.69, 9.17) is 32.7 Å². The summed E-state index contributed by atoms with van der Waals surface area (Å²) in [5, 5.41) is 7.22. The van der Waals surface area contributed by atoms with E-state index in [9.17, 15) is 4.79 Å². The normalized spacial score (nSPS) is 13.0. The van der Waals surface area contributed by atoms with Gasteiger partial charge >= 0.3 is 0 Å². The molecule has 2 N–H and O–H groups in total. The lowest BCUT2D eigenvalue weighted by Crippen LogP contribution is -2.36. The summed E-state index contributed by atoms with van der Waals surface area (Å²) in [5.41, 5.74) is 1.73. The molecule has 0 aliphatic rings. The van der Waals surface area contributed by atoms with Crippen LogP contribution in [0.2, 0.25) is 10.0 Å². The van der Waals surface area contributed by atoms with Crippen molar-refractivity contribution in [2.45, 2.75) is 25.9 Å². The molecule has 146 valence electrons. The van der Waals surface area contributed by atoms with Crippen LogP contribution in [0.25, 0.3) is 0 Å². The zero-order valence-corrected chi connectivity index (χ0v) is 17.3. The van der Waals surface area contributed by atoms with E-state index in [-0.39, 0.29) is 24.5 Å². The van der Waals surface area contributed by atoms with Gasteiger partial charge in [-0.2, -0.15) is 0 Å². The molecule has 0 aliphatic heterocycles. The minimum absolute atomic E-state index is 0.102. The van der Waals surface area contributed by atoms with Gasteiger partial charge in [-0.3, -0.25) is 4.79 Å². The highest BCUT2D eigenvalue weighted by Crippen LogP contribution is 2.29. The first-order valence-electron chi connectivity index (χ1n) is 8.55. The average molecular weight is 411 g/mol. The Morgan fingerprint density at radius 3 is 2.37 bits per heavy atom. The number of methoxy groups -OCH3 is 2. The summed E-state index contributed by atoms with van der Waals surface area (Å²) in [7, 11) is 3.22. The van der Waals surface area contributed by atoms with Gasteiger partial charge in [-0.25, -0.2) is 0 Å². The highest BCUT2D eigenvalue weighted by molar-refractivity contribution is 6.35. The minimum atomic E-state index is -0.231. The molecule has 0 saturated carbocycles. The molecule has 2 aromatic rings. The topological polar surface area (TPSA) is 59.6 Å². The van der Waals surface area contributed by atoms with Gasteiger partial charge in [0.2, 0.25) is 5.91 Å². The van der Waals surface area contributed by atoms with Crippen molar-refractivity contribution in [2.24, 2.45) is 0 Å². The Morgan fingerprint density at radius 1 is 1.00 bits per heavy atom. The van der Waals surface area contributed by atoms with Crippen LogP contribution in [0.4, 0.5) is 0 Å². The molecule has 0 aromatic heterocycles. The second-order valence-corrected chi connectivity index (χ2v) is 7.01. The van der Waals surface area contributed by atoms with Gasteiger partial charge in [0, 0.05) is 21.7 Å². The van der Waals surface area contributed by atoms with Crippen LogP contribution in [0.1, 0.15) is 37.1 Å². The molecule has 2 rings (SSSR count). The van der Waals surface area contributed by atoms with E-state index in [2.05, 4.69) is 10.6 Å². The van der Waals surface area contributed by atoms with Crippen LogP contribution >= 0.6 is 23.2 Å². The number of carbonyl (C=O) groups excluding carboxylic acids is 1. The lowest BCUT2D eigenvalue weighted by atomic mass is 10.1. The molecule has 0 fully saturated rings. The zero-order chi connectivity index (χ0) is 20.0. The molecule has 1 amide bonds. The van der Waals surface area contributed by atoms with Gasteiger partial charge in [-0.15, -0.1) is 0 Å². The molecular formula is C20H24Cl2N2O3. The van der Waals surface area contributed by atoms with E-state index in [1.807, 2.05) is 38.1 Å². The van der Waals surface area contributed by atoms with Crippen molar-refractivity contribution in [2.75, 3.05) is 20.8 Å². The zero-order valence-electron chi connectivity index (χ0n) is 15.8. The summed E-state index contributed by atoms with van der Waals surface area (Å²) in [4.78, 5) is 12.3. The lowest BCUT2D eigenvalue weighted by molar-refractivity contribution is -0.121. The van der Waals surface area contributed by atoms with Crippen molar-refractivity contribution in [3.8, 4) is 11.5 Å². The van der Waals surface area contributed by atoms with Gasteiger partial charge in [0.05, 0.1) is 26.8 Å². The smallest absolute Gasteiger partial charge is 0.234 e. The molecule has 0 unspecified atom stereocenters. The van der Waals surface area contributed by atoms with E-state index in [0.717, 1.165) is 22.6 Å². The largest absolute Gasteiger partial charge is 0.497 e. The maximum absolute atomic E-state index is 12.3. The summed E-state index contributed by atoms with van der Waals surface area (Å²) in [5.74, 6) is 1.33. The fraction of sp³-hybridized carbons (Fsp3) is 0.350. The molecule has 0 saturated heterocycles. The highest BCUT2D eigenvalue weighted by atomic mass is 35.5. The van der Waals surface area contributed by atoms with Crippen molar-refractivity contribution < 1.29 is 14.3 Å². The van der Waals surface area contributed by atoms with E-state index in [1.165, 1.54) is 0 Å². The third-order valence-electron chi connectivity index (χ3n) is 4.28. The number of hydrogen-bond acceptors (Lipinski definition) is 4. The predicted molar refractivity (Wildman–Crippen MR) is 109 cm³/mol. The summed E-state index contributed by atoms with van der Waals surface area (Å²) in [6.45, 7) is 3.99. The third-order valence-corrected chi connectivity index (χ3v) is 4.84. The number of benzene rings is 2. The predicted octanol–water partition coefficient (Wildman–Crippen LogP) is 4.54. The van der Waals surface area contributed by atoms with Gasteiger partial charge < -0.3 is 20.1 Å². The van der Waals surface area contributed by atoms with Gasteiger partial charge in [0.1, 0.15) is 11.5 Å². The van der Waals surface area contributed by atoms with Gasteiger partial charge in [-0.1, -0.05) is 29.3 Å². The monoisotopic (exact) mass is 410 g/mol. The van der Waals surface area contributed by atoms with Crippen LogP contribution in [-0.2, 0) is 4.79 Å². The number of ether oxygens (including phenoxy) is 2. The number of rotatable bonds is 8. The van der Waals surface area contributed by atoms with Crippen LogP contribution in [0.5, 0.6) is 11.5 Å². The van der Waals surface area contributed by atoms with E-state index in [0.29, 0.717) is 10.0 Å². The van der Waals surface area contributed by atoms with E-state index < -0.39 is 0 Å². The molecule has 0 aliphatic carbocycles. The summed E-state index contributed by atoms with van der Waals surface area (Å²) in [6.07, 6.45) is 0. The fourth-order valence-electron chi connectivity index (χ4n) is 2.76. The summed E-state index contributed by atoms with van der Waals surface area (Å²) in [6, 6.07) is 10.5. The first-order chi connectivity index (χ1) is 12.8. The Morgan fingerprint density at radius 2 is 1.74 bits per heavy atom. The molecule has 0 heterocycles. The van der Waals surface area contributed by atoms with Gasteiger partial charge in [0.15, 0.2) is 0 Å². The van der Waals surface area contributed by atoms with Crippen molar-refractivity contribution in [1.29, 1.82) is 0 Å². The molecule has 2 atom stereocenters. The van der Waals surface area contributed by atoms with Crippen molar-refractivity contribution in [3.63, 3.8) is 0 Å². The van der Waals surface area contributed by atoms with Crippen LogP contribution in [0.15, 0.2) is 36.4 Å². The van der Waals surface area contributed by atoms with Gasteiger partial charge in [0.25, 0.3) is 0 Å². The standard InChI is InChI=1S/C20H24Cl2N2O3/c1-12(17-10-15(26-3)6-8-19(17)27-4)23-11-20(25)24-13(2)16-7-5-14(21)9-18(16)22/h5-10,12-13,23H,11H2,1-4H3,(H,24,25)/t12-,13+/m1/s1. The van der Waals surface area contributed by atoms with E-state index >= 15 is 0 Å². The van der Waals surface area contributed by atoms with Crippen LogP contribution in [0.3, 0.4) is 0 Å². The Bertz CT molecular complexity index is 799. The third kappa shape index (κ3) is 5.76. The maximum Gasteiger partial charge on any atom is 0.234 e. The van der Waals surface area contributed by atoms with Crippen LogP contribution in [-0.4, -0.2) is 26.7 Å². The summed E-state index contributed by atoms with van der Waals surface area (Å²) < 4.78 is 10.7. The van der Waals surface area contributed by atoms with Crippen molar-refractivity contribution in [3.05, 3.63) is 57.6 Å². The van der Waals surface area contributed by atoms with Gasteiger partial charge in [-0.05, 0) is 49.7 Å². The molecule has 5 nitrogen and oxygen atoms in total. The number of amides is 1. The number of halogens is 2. The second kappa shape index (κ2) is 9.83. The number of carbonyl (C=O) groups is 1. The SMILES string of the molecule is COc1ccc(OC)c([C@@H](C)NCC(=O)N[C@@H](C)c2ccc(Cl)cc2Cl)c1. The highest BCUT2D eigenvalue weighted by Gasteiger charge is 2.16. The van der Waals surface area contributed by atoms with Crippen molar-refractivity contribution in [1.82, 2.24) is 10.6 Å². The summed E-state index contributed by atoms with van der Waals surface area (Å²) >= 11 is 12.1. The lowest BCUT2D eigenvalue weighted by Gasteiger charge is -2.20. The second-order valence-electron chi connectivity index (χ2n) is 6.17. The number of nitrogens with one attached hydrogen (secondary N) is 2. The fourth-order valence-corrected chi connectivity index (χ4v) is 3.33. The molecule has 0 bridgehead atoms.